The molecule has 0 aliphatic rings. The fraction of sp³-hybridized carbons (Fsp3) is 0.0345. The highest BCUT2D eigenvalue weighted by atomic mass is 32.1. The van der Waals surface area contributed by atoms with Crippen molar-refractivity contribution >= 4 is 107 Å². The molecule has 0 radical (unpaired) electrons. The topological polar surface area (TPSA) is 57.4 Å². The van der Waals surface area contributed by atoms with E-state index in [0.717, 1.165) is 61.3 Å². The number of benzene rings is 9. The molecule has 4 aromatic heterocycles. The lowest BCUT2D eigenvalue weighted by Gasteiger charge is -2.28. The molecule has 0 aliphatic carbocycles. The van der Waals surface area contributed by atoms with Crippen molar-refractivity contribution in [3.63, 3.8) is 0 Å². The molecule has 0 N–H and O–H groups in total. The SMILES string of the molecule is Cc1c(-c2ccc(C#N)cc2)c(-n2c3ccccc3c3ccc4sc5ccccc5c4c32)c(-c2ccc(C#N)cc2)c(C)c1-n1c2ccccc2c2ccc3sc4ccccc4c3c21. The molecule has 13 rings (SSSR count). The Hall–Kier alpha value is -8.00. The van der Waals surface area contributed by atoms with Crippen molar-refractivity contribution in [2.75, 3.05) is 0 Å². The van der Waals surface area contributed by atoms with Gasteiger partial charge in [-0.05, 0) is 96.8 Å². The number of hydrogen-bond acceptors (Lipinski definition) is 4. The van der Waals surface area contributed by atoms with E-state index < -0.39 is 0 Å². The Kier molecular flexibility index (Phi) is 7.87. The van der Waals surface area contributed by atoms with Crippen LogP contribution in [0.2, 0.25) is 0 Å². The Bertz CT molecular complexity index is 4130. The zero-order chi connectivity index (χ0) is 42.8. The lowest BCUT2D eigenvalue weighted by Crippen LogP contribution is -2.10. The van der Waals surface area contributed by atoms with Gasteiger partial charge in [0.25, 0.3) is 0 Å². The van der Waals surface area contributed by atoms with Crippen molar-refractivity contribution in [1.82, 2.24) is 9.13 Å². The molecular formula is C58H34N4S2. The van der Waals surface area contributed by atoms with Gasteiger partial charge >= 0.3 is 0 Å². The van der Waals surface area contributed by atoms with Gasteiger partial charge in [0.2, 0.25) is 0 Å². The van der Waals surface area contributed by atoms with E-state index in [4.69, 9.17) is 0 Å². The number of thiophene rings is 2. The molecule has 9 aromatic carbocycles. The van der Waals surface area contributed by atoms with Crippen molar-refractivity contribution in [2.45, 2.75) is 13.8 Å². The molecule has 0 fully saturated rings. The molecule has 0 amide bonds. The maximum absolute atomic E-state index is 10.1. The van der Waals surface area contributed by atoms with Gasteiger partial charge in [-0.1, -0.05) is 109 Å². The second-order valence-electron chi connectivity index (χ2n) is 16.6. The predicted octanol–water partition coefficient (Wildman–Crippen LogP) is 16.3. The number of aromatic nitrogens is 2. The number of hydrogen-bond donors (Lipinski definition) is 0. The highest BCUT2D eigenvalue weighted by Gasteiger charge is 2.30. The molecule has 4 heterocycles. The van der Waals surface area contributed by atoms with Crippen LogP contribution in [-0.2, 0) is 0 Å². The third-order valence-electron chi connectivity index (χ3n) is 13.3. The smallest absolute Gasteiger partial charge is 0.0991 e. The minimum absolute atomic E-state index is 0.611. The molecule has 6 heteroatoms. The van der Waals surface area contributed by atoms with E-state index in [1.807, 2.05) is 46.9 Å². The maximum atomic E-state index is 10.1. The summed E-state index contributed by atoms with van der Waals surface area (Å²) in [6.45, 7) is 4.58. The van der Waals surface area contributed by atoms with Gasteiger partial charge in [-0.15, -0.1) is 22.7 Å². The van der Waals surface area contributed by atoms with Crippen LogP contribution >= 0.6 is 22.7 Å². The summed E-state index contributed by atoms with van der Waals surface area (Å²) >= 11 is 3.68. The molecule has 0 aliphatic heterocycles. The first-order chi connectivity index (χ1) is 31.5. The van der Waals surface area contributed by atoms with Crippen LogP contribution in [0.15, 0.2) is 170 Å². The summed E-state index contributed by atoms with van der Waals surface area (Å²) in [7, 11) is 0. The number of fused-ring (bicyclic) bond motifs is 14. The summed E-state index contributed by atoms with van der Waals surface area (Å²) in [6.07, 6.45) is 0. The van der Waals surface area contributed by atoms with Gasteiger partial charge in [0, 0.05) is 73.0 Å². The molecule has 4 nitrogen and oxygen atoms in total. The highest BCUT2D eigenvalue weighted by Crippen LogP contribution is 2.52. The van der Waals surface area contributed by atoms with E-state index in [9.17, 15) is 10.5 Å². The standard InChI is InChI=1S/C58H34N4S2/c1-33-51(37-23-19-35(31-59)20-24-37)58(62-46-16-8-4-12-40(46)42-28-30-50-54(57(42)62)44-14-6-10-18-48(44)64-50)52(38-25-21-36(32-60)22-26-38)34(2)55(33)61-45-15-7-3-11-39(45)41-27-29-49-53(56(41)61)43-13-5-9-17-47(43)63-49/h3-30H,1-2H3. The third kappa shape index (κ3) is 5.01. The van der Waals surface area contributed by atoms with Crippen LogP contribution in [0.1, 0.15) is 22.3 Å². The van der Waals surface area contributed by atoms with E-state index >= 15 is 0 Å². The van der Waals surface area contributed by atoms with Crippen molar-refractivity contribution in [3.05, 3.63) is 192 Å². The van der Waals surface area contributed by atoms with Crippen LogP contribution in [0.4, 0.5) is 0 Å². The zero-order valence-corrected chi connectivity index (χ0v) is 36.4. The van der Waals surface area contributed by atoms with E-state index in [1.54, 1.807) is 0 Å². The van der Waals surface area contributed by atoms with Crippen molar-refractivity contribution in [3.8, 4) is 45.8 Å². The zero-order valence-electron chi connectivity index (χ0n) is 34.8. The Labute approximate surface area is 375 Å². The second-order valence-corrected chi connectivity index (χ2v) is 18.8. The number of nitrogens with zero attached hydrogens (tertiary/aromatic N) is 4. The van der Waals surface area contributed by atoms with Gasteiger partial charge in [-0.25, -0.2) is 0 Å². The molecule has 0 bridgehead atoms. The fourth-order valence-electron chi connectivity index (χ4n) is 10.7. The number of rotatable bonds is 4. The molecular weight excluding hydrogens is 817 g/mol. The monoisotopic (exact) mass is 850 g/mol. The lowest BCUT2D eigenvalue weighted by atomic mass is 9.86. The van der Waals surface area contributed by atoms with Crippen LogP contribution in [0, 0.1) is 36.5 Å². The Morgan fingerprint density at radius 2 is 0.766 bits per heavy atom. The highest BCUT2D eigenvalue weighted by molar-refractivity contribution is 7.26. The summed E-state index contributed by atoms with van der Waals surface area (Å²) in [6, 6.07) is 65.3. The minimum atomic E-state index is 0.611. The van der Waals surface area contributed by atoms with Gasteiger partial charge in [-0.2, -0.15) is 10.5 Å². The van der Waals surface area contributed by atoms with Crippen LogP contribution in [-0.4, -0.2) is 9.13 Å². The first kappa shape index (κ1) is 36.6. The Morgan fingerprint density at radius 1 is 0.375 bits per heavy atom. The molecule has 0 saturated heterocycles. The minimum Gasteiger partial charge on any atom is -0.308 e. The first-order valence-electron chi connectivity index (χ1n) is 21.4. The van der Waals surface area contributed by atoms with Crippen LogP contribution < -0.4 is 0 Å². The van der Waals surface area contributed by atoms with E-state index in [0.29, 0.717) is 11.1 Å². The van der Waals surface area contributed by atoms with Gasteiger partial charge in [-0.3, -0.25) is 0 Å². The summed E-state index contributed by atoms with van der Waals surface area (Å²) in [5, 5.41) is 29.9. The molecule has 0 spiro atoms. The Balaban J connectivity index is 1.30. The van der Waals surface area contributed by atoms with E-state index in [2.05, 4.69) is 181 Å². The molecule has 64 heavy (non-hydrogen) atoms. The Morgan fingerprint density at radius 3 is 1.20 bits per heavy atom. The summed E-state index contributed by atoms with van der Waals surface area (Å²) in [5.74, 6) is 0. The molecule has 298 valence electrons. The third-order valence-corrected chi connectivity index (χ3v) is 15.6. The summed E-state index contributed by atoms with van der Waals surface area (Å²) in [5.41, 5.74) is 14.4. The van der Waals surface area contributed by atoms with Crippen LogP contribution in [0.3, 0.4) is 0 Å². The largest absolute Gasteiger partial charge is 0.308 e. The first-order valence-corrected chi connectivity index (χ1v) is 23.0. The summed E-state index contributed by atoms with van der Waals surface area (Å²) < 4.78 is 10.1. The van der Waals surface area contributed by atoms with E-state index in [1.165, 1.54) is 67.4 Å². The van der Waals surface area contributed by atoms with Crippen molar-refractivity contribution < 1.29 is 0 Å². The number of para-hydroxylation sites is 2. The second kappa shape index (κ2) is 13.8. The predicted molar refractivity (Wildman–Crippen MR) is 271 cm³/mol. The van der Waals surface area contributed by atoms with Crippen LogP contribution in [0.25, 0.3) is 118 Å². The van der Waals surface area contributed by atoms with Crippen molar-refractivity contribution in [1.29, 1.82) is 10.5 Å². The molecule has 0 atom stereocenters. The fourth-order valence-corrected chi connectivity index (χ4v) is 12.9. The lowest BCUT2D eigenvalue weighted by molar-refractivity contribution is 1.10. The summed E-state index contributed by atoms with van der Waals surface area (Å²) in [4.78, 5) is 0. The molecule has 0 saturated carbocycles. The van der Waals surface area contributed by atoms with Gasteiger partial charge in [0.15, 0.2) is 0 Å². The van der Waals surface area contributed by atoms with Crippen molar-refractivity contribution in [2.24, 2.45) is 0 Å². The van der Waals surface area contributed by atoms with Gasteiger partial charge in [0.05, 0.1) is 56.7 Å². The maximum Gasteiger partial charge on any atom is 0.0991 e. The van der Waals surface area contributed by atoms with Crippen LogP contribution in [0.5, 0.6) is 0 Å². The quantitative estimate of drug-likeness (QED) is 0.177. The van der Waals surface area contributed by atoms with E-state index in [-0.39, 0.29) is 0 Å². The molecule has 0 unspecified atom stereocenters. The van der Waals surface area contributed by atoms with Gasteiger partial charge < -0.3 is 9.13 Å². The number of nitriles is 2. The molecule has 13 aromatic rings. The average molecular weight is 851 g/mol. The van der Waals surface area contributed by atoms with Gasteiger partial charge in [0.1, 0.15) is 0 Å². The average Bonchev–Trinajstić information content (AvgIpc) is 4.09. The normalized spacial score (nSPS) is 11.9.